The molecule has 0 N–H and O–H groups in total. The molecule has 0 bridgehead atoms. The SMILES string of the molecule is CCCCCCC(F)(F)C(F)(F)C(F)(F)PCCCC. The molecule has 0 aromatic heterocycles. The molecule has 0 spiro atoms. The summed E-state index contributed by atoms with van der Waals surface area (Å²) in [6.45, 7) is 3.57. The highest BCUT2D eigenvalue weighted by Gasteiger charge is 2.70. The lowest BCUT2D eigenvalue weighted by molar-refractivity contribution is -0.280. The Bertz CT molecular complexity index is 268. The Hall–Kier alpha value is 0.01000. The van der Waals surface area contributed by atoms with Crippen molar-refractivity contribution >= 4 is 8.58 Å². The molecular weight excluding hydrogens is 301 g/mol. The Balaban J connectivity index is 4.62. The molecule has 0 aromatic carbocycles. The van der Waals surface area contributed by atoms with E-state index in [4.69, 9.17) is 0 Å². The zero-order valence-electron chi connectivity index (χ0n) is 11.9. The number of alkyl halides is 6. The average molecular weight is 324 g/mol. The van der Waals surface area contributed by atoms with Gasteiger partial charge in [-0.25, -0.2) is 0 Å². The number of hydrogen-bond donors (Lipinski definition) is 0. The molecule has 7 heteroatoms. The molecule has 0 saturated carbocycles. The highest BCUT2D eigenvalue weighted by atomic mass is 31.1. The van der Waals surface area contributed by atoms with Crippen LogP contribution in [-0.2, 0) is 0 Å². The maximum Gasteiger partial charge on any atom is 0.375 e. The van der Waals surface area contributed by atoms with Crippen LogP contribution in [0.5, 0.6) is 0 Å². The van der Waals surface area contributed by atoms with Crippen LogP contribution in [0, 0.1) is 0 Å². The number of unbranched alkanes of at least 4 members (excludes halogenated alkanes) is 4. The smallest absolute Gasteiger partial charge is 0.200 e. The highest BCUT2D eigenvalue weighted by Crippen LogP contribution is 2.55. The standard InChI is InChI=1S/C13H23F6P/c1-3-5-7-8-9-11(14,15)12(16,17)13(18,19)20-10-6-4-2/h20H,3-10H2,1-2H3. The Kier molecular flexibility index (Phi) is 8.46. The largest absolute Gasteiger partial charge is 0.375 e. The van der Waals surface area contributed by atoms with E-state index in [1.165, 1.54) is 0 Å². The van der Waals surface area contributed by atoms with Crippen LogP contribution < -0.4 is 0 Å². The lowest BCUT2D eigenvalue weighted by Crippen LogP contribution is -2.52. The number of halogens is 6. The summed E-state index contributed by atoms with van der Waals surface area (Å²) >= 11 is 0. The second-order valence-electron chi connectivity index (χ2n) is 4.94. The lowest BCUT2D eigenvalue weighted by Gasteiger charge is -2.33. The number of rotatable bonds is 11. The molecule has 0 amide bonds. The van der Waals surface area contributed by atoms with Crippen LogP contribution in [0.1, 0.15) is 58.8 Å². The summed E-state index contributed by atoms with van der Waals surface area (Å²) in [6.07, 6.45) is 1.16. The Morgan fingerprint density at radius 1 is 0.750 bits per heavy atom. The van der Waals surface area contributed by atoms with Gasteiger partial charge in [0, 0.05) is 6.42 Å². The molecule has 1 atom stereocenters. The van der Waals surface area contributed by atoms with E-state index in [0.29, 0.717) is 25.7 Å². The topological polar surface area (TPSA) is 0 Å². The van der Waals surface area contributed by atoms with E-state index in [-0.39, 0.29) is 12.6 Å². The van der Waals surface area contributed by atoms with Gasteiger partial charge in [-0.3, -0.25) is 0 Å². The first-order chi connectivity index (χ1) is 9.12. The van der Waals surface area contributed by atoms with Crippen LogP contribution >= 0.6 is 8.58 Å². The van der Waals surface area contributed by atoms with Crippen molar-refractivity contribution in [2.45, 2.75) is 76.3 Å². The van der Waals surface area contributed by atoms with Gasteiger partial charge in [0.05, 0.1) is 0 Å². The number of hydrogen-bond acceptors (Lipinski definition) is 0. The van der Waals surface area contributed by atoms with Gasteiger partial charge in [0.25, 0.3) is 0 Å². The molecule has 122 valence electrons. The molecule has 0 radical (unpaired) electrons. The van der Waals surface area contributed by atoms with Gasteiger partial charge in [-0.05, 0) is 27.6 Å². The van der Waals surface area contributed by atoms with E-state index < -0.39 is 32.5 Å². The normalized spacial score (nSPS) is 14.4. The van der Waals surface area contributed by atoms with Crippen LogP contribution in [0.25, 0.3) is 0 Å². The van der Waals surface area contributed by atoms with Crippen LogP contribution in [0.2, 0.25) is 0 Å². The van der Waals surface area contributed by atoms with Gasteiger partial charge in [0.2, 0.25) is 0 Å². The minimum Gasteiger partial charge on any atom is -0.200 e. The third-order valence-electron chi connectivity index (χ3n) is 3.08. The van der Waals surface area contributed by atoms with Gasteiger partial charge in [-0.2, -0.15) is 26.3 Å². The fourth-order valence-electron chi connectivity index (χ4n) is 1.69. The minimum atomic E-state index is -5.27. The van der Waals surface area contributed by atoms with Crippen molar-refractivity contribution in [2.75, 3.05) is 6.16 Å². The zero-order valence-corrected chi connectivity index (χ0v) is 12.9. The van der Waals surface area contributed by atoms with Crippen molar-refractivity contribution < 1.29 is 26.3 Å². The van der Waals surface area contributed by atoms with Crippen LogP contribution in [0.15, 0.2) is 0 Å². The third kappa shape index (κ3) is 5.42. The molecule has 0 saturated heterocycles. The molecule has 0 heterocycles. The molecular formula is C13H23F6P. The van der Waals surface area contributed by atoms with E-state index in [9.17, 15) is 26.3 Å². The first kappa shape index (κ1) is 20.0. The Labute approximate surface area is 118 Å². The van der Waals surface area contributed by atoms with E-state index in [1.807, 2.05) is 6.92 Å². The fourth-order valence-corrected chi connectivity index (χ4v) is 2.94. The van der Waals surface area contributed by atoms with Crippen LogP contribution in [-0.4, -0.2) is 23.7 Å². The van der Waals surface area contributed by atoms with Crippen LogP contribution in [0.4, 0.5) is 26.3 Å². The quantitative estimate of drug-likeness (QED) is 0.238. The molecule has 0 nitrogen and oxygen atoms in total. The second kappa shape index (κ2) is 8.45. The predicted molar refractivity (Wildman–Crippen MR) is 71.7 cm³/mol. The minimum absolute atomic E-state index is 0.148. The van der Waals surface area contributed by atoms with Crippen molar-refractivity contribution in [1.29, 1.82) is 0 Å². The summed E-state index contributed by atoms with van der Waals surface area (Å²) < 4.78 is 80.4. The summed E-state index contributed by atoms with van der Waals surface area (Å²) in [6, 6.07) is 0. The first-order valence-electron chi connectivity index (χ1n) is 7.01. The van der Waals surface area contributed by atoms with E-state index in [1.54, 1.807) is 6.92 Å². The van der Waals surface area contributed by atoms with Crippen LogP contribution in [0.3, 0.4) is 0 Å². The molecule has 20 heavy (non-hydrogen) atoms. The Morgan fingerprint density at radius 3 is 1.80 bits per heavy atom. The average Bonchev–Trinajstić information content (AvgIpc) is 2.34. The maximum absolute atomic E-state index is 13.4. The maximum atomic E-state index is 13.4. The summed E-state index contributed by atoms with van der Waals surface area (Å²) in [5.74, 6) is -9.91. The van der Waals surface area contributed by atoms with Crippen molar-refractivity contribution in [2.24, 2.45) is 0 Å². The summed E-state index contributed by atoms with van der Waals surface area (Å²) in [7, 11) is -1.47. The predicted octanol–water partition coefficient (Wildman–Crippen LogP) is 6.30. The zero-order chi connectivity index (χ0) is 15.9. The molecule has 0 rings (SSSR count). The molecule has 0 aliphatic carbocycles. The summed E-state index contributed by atoms with van der Waals surface area (Å²) in [5, 5.41) is 0. The van der Waals surface area contributed by atoms with Gasteiger partial charge < -0.3 is 0 Å². The van der Waals surface area contributed by atoms with E-state index in [0.717, 1.165) is 6.42 Å². The van der Waals surface area contributed by atoms with Gasteiger partial charge >= 0.3 is 17.5 Å². The molecule has 0 aliphatic rings. The Morgan fingerprint density at radius 2 is 1.30 bits per heavy atom. The van der Waals surface area contributed by atoms with Crippen molar-refractivity contribution in [3.63, 3.8) is 0 Å². The monoisotopic (exact) mass is 324 g/mol. The summed E-state index contributed by atoms with van der Waals surface area (Å²) in [4.78, 5) is 0. The molecule has 0 aromatic rings. The highest BCUT2D eigenvalue weighted by molar-refractivity contribution is 7.39. The third-order valence-corrected chi connectivity index (χ3v) is 4.44. The molecule has 0 aliphatic heterocycles. The molecule has 1 unspecified atom stereocenters. The van der Waals surface area contributed by atoms with Crippen molar-refractivity contribution in [1.82, 2.24) is 0 Å². The van der Waals surface area contributed by atoms with Gasteiger partial charge in [-0.15, -0.1) is 0 Å². The van der Waals surface area contributed by atoms with Gasteiger partial charge in [0.1, 0.15) is 0 Å². The van der Waals surface area contributed by atoms with Crippen molar-refractivity contribution in [3.8, 4) is 0 Å². The second-order valence-corrected chi connectivity index (χ2v) is 6.43. The van der Waals surface area contributed by atoms with Gasteiger partial charge in [0.15, 0.2) is 0 Å². The summed E-state index contributed by atoms with van der Waals surface area (Å²) in [5.41, 5.74) is -4.63. The van der Waals surface area contributed by atoms with E-state index >= 15 is 0 Å². The van der Waals surface area contributed by atoms with Gasteiger partial charge in [-0.1, -0.05) is 39.5 Å². The molecule has 0 fully saturated rings. The van der Waals surface area contributed by atoms with Crippen molar-refractivity contribution in [3.05, 3.63) is 0 Å². The first-order valence-corrected chi connectivity index (χ1v) is 8.21. The fraction of sp³-hybridized carbons (Fsp3) is 1.00. The lowest BCUT2D eigenvalue weighted by atomic mass is 10.0. The van der Waals surface area contributed by atoms with E-state index in [2.05, 4.69) is 0 Å².